The Morgan fingerprint density at radius 3 is 2.48 bits per heavy atom. The Balaban J connectivity index is 2.29. The second kappa shape index (κ2) is 6.46. The van der Waals surface area contributed by atoms with E-state index in [9.17, 15) is 13.2 Å². The summed E-state index contributed by atoms with van der Waals surface area (Å²) >= 11 is 3.33. The number of carbonyl (C=O) groups excluding carboxylic acids is 1. The molecule has 1 aromatic rings. The number of nitrogens with zero attached hydrogens (tertiary/aromatic N) is 1. The molecule has 0 radical (unpaired) electrons. The molecule has 21 heavy (non-hydrogen) atoms. The molecule has 0 aromatic heterocycles. The lowest BCUT2D eigenvalue weighted by molar-refractivity contribution is -0.123. The molecule has 2 unspecified atom stereocenters. The number of nitrogens with two attached hydrogens (primary N) is 1. The topological polar surface area (TPSA) is 80.5 Å². The smallest absolute Gasteiger partial charge is 0.243 e. The van der Waals surface area contributed by atoms with Gasteiger partial charge in [-0.15, -0.1) is 0 Å². The van der Waals surface area contributed by atoms with Gasteiger partial charge in [-0.25, -0.2) is 8.42 Å². The molecule has 2 atom stereocenters. The summed E-state index contributed by atoms with van der Waals surface area (Å²) in [6.07, 6.45) is 1.29. The second-order valence-electron chi connectivity index (χ2n) is 5.38. The molecule has 0 aliphatic carbocycles. The normalized spacial score (nSPS) is 23.9. The summed E-state index contributed by atoms with van der Waals surface area (Å²) in [5.41, 5.74) is 6.34. The number of carbonyl (C=O) groups is 1. The lowest BCUT2D eigenvalue weighted by Crippen LogP contribution is -2.48. The van der Waals surface area contributed by atoms with Crippen LogP contribution >= 0.6 is 15.9 Å². The van der Waals surface area contributed by atoms with E-state index >= 15 is 0 Å². The van der Waals surface area contributed by atoms with Gasteiger partial charge in [0, 0.05) is 17.9 Å². The van der Waals surface area contributed by atoms with Crippen molar-refractivity contribution in [3.63, 3.8) is 0 Å². The first kappa shape index (κ1) is 16.5. The molecule has 1 aliphatic heterocycles. The first-order chi connectivity index (χ1) is 9.86. The standard InChI is InChI=1S/C14H19BrN2O3S/c1-10-2-5-12(14(16)18)9-17(10)21(19,20)13-6-3-11(8-15)4-7-13/h3-4,6-7,10,12H,2,5,8-9H2,1H3,(H2,16,18). The predicted molar refractivity (Wildman–Crippen MR) is 84.3 cm³/mol. The van der Waals surface area contributed by atoms with E-state index in [1.165, 1.54) is 4.31 Å². The zero-order chi connectivity index (χ0) is 15.6. The van der Waals surface area contributed by atoms with Crippen molar-refractivity contribution in [2.24, 2.45) is 11.7 Å². The number of rotatable bonds is 4. The van der Waals surface area contributed by atoms with Gasteiger partial charge < -0.3 is 5.73 Å². The summed E-state index contributed by atoms with van der Waals surface area (Å²) in [6.45, 7) is 2.03. The van der Waals surface area contributed by atoms with E-state index in [2.05, 4.69) is 15.9 Å². The molecular weight excluding hydrogens is 356 g/mol. The van der Waals surface area contributed by atoms with Crippen LogP contribution in [-0.2, 0) is 20.1 Å². The number of alkyl halides is 1. The SMILES string of the molecule is CC1CCC(C(N)=O)CN1S(=O)(=O)c1ccc(CBr)cc1. The molecule has 1 amide bonds. The van der Waals surface area contributed by atoms with Crippen molar-refractivity contribution in [3.05, 3.63) is 29.8 Å². The lowest BCUT2D eigenvalue weighted by Gasteiger charge is -2.35. The van der Waals surface area contributed by atoms with Gasteiger partial charge >= 0.3 is 0 Å². The summed E-state index contributed by atoms with van der Waals surface area (Å²) in [7, 11) is -3.59. The van der Waals surface area contributed by atoms with Crippen molar-refractivity contribution >= 4 is 31.9 Å². The number of hydrogen-bond acceptors (Lipinski definition) is 3. The number of hydrogen-bond donors (Lipinski definition) is 1. The van der Waals surface area contributed by atoms with Gasteiger partial charge in [-0.1, -0.05) is 28.1 Å². The van der Waals surface area contributed by atoms with Crippen LogP contribution < -0.4 is 5.73 Å². The maximum absolute atomic E-state index is 12.7. The third-order valence-electron chi connectivity index (χ3n) is 3.91. The molecule has 1 heterocycles. The zero-order valence-corrected chi connectivity index (χ0v) is 14.2. The first-order valence-corrected chi connectivity index (χ1v) is 9.38. The number of primary amides is 1. The molecule has 2 N–H and O–H groups in total. The van der Waals surface area contributed by atoms with Crippen molar-refractivity contribution in [1.29, 1.82) is 0 Å². The quantitative estimate of drug-likeness (QED) is 0.816. The summed E-state index contributed by atoms with van der Waals surface area (Å²) in [4.78, 5) is 11.6. The van der Waals surface area contributed by atoms with Crippen LogP contribution in [-0.4, -0.2) is 31.2 Å². The Morgan fingerprint density at radius 2 is 1.95 bits per heavy atom. The van der Waals surface area contributed by atoms with Crippen molar-refractivity contribution in [2.75, 3.05) is 6.54 Å². The Bertz CT molecular complexity index is 616. The number of halogens is 1. The fourth-order valence-corrected chi connectivity index (χ4v) is 4.61. The zero-order valence-electron chi connectivity index (χ0n) is 11.8. The minimum atomic E-state index is -3.59. The van der Waals surface area contributed by atoms with Crippen molar-refractivity contribution in [1.82, 2.24) is 4.31 Å². The minimum Gasteiger partial charge on any atom is -0.369 e. The van der Waals surface area contributed by atoms with Crippen molar-refractivity contribution in [2.45, 2.75) is 36.0 Å². The van der Waals surface area contributed by atoms with Gasteiger partial charge in [0.2, 0.25) is 15.9 Å². The summed E-state index contributed by atoms with van der Waals surface area (Å²) < 4.78 is 26.9. The average Bonchev–Trinajstić information content (AvgIpc) is 2.47. The molecule has 0 spiro atoms. The van der Waals surface area contributed by atoms with Crippen LogP contribution in [0.5, 0.6) is 0 Å². The van der Waals surface area contributed by atoms with Gasteiger partial charge in [-0.2, -0.15) is 4.31 Å². The molecule has 5 nitrogen and oxygen atoms in total. The third-order valence-corrected chi connectivity index (χ3v) is 6.55. The lowest BCUT2D eigenvalue weighted by atomic mass is 9.95. The van der Waals surface area contributed by atoms with E-state index in [0.29, 0.717) is 18.2 Å². The molecule has 1 aliphatic rings. The molecule has 1 fully saturated rings. The fourth-order valence-electron chi connectivity index (χ4n) is 2.53. The van der Waals surface area contributed by atoms with Crippen molar-refractivity contribution in [3.8, 4) is 0 Å². The highest BCUT2D eigenvalue weighted by atomic mass is 79.9. The van der Waals surface area contributed by atoms with E-state index in [-0.39, 0.29) is 17.5 Å². The monoisotopic (exact) mass is 374 g/mol. The number of benzene rings is 1. The Labute approximate surface area is 133 Å². The molecule has 116 valence electrons. The molecule has 7 heteroatoms. The van der Waals surface area contributed by atoms with Crippen molar-refractivity contribution < 1.29 is 13.2 Å². The minimum absolute atomic E-state index is 0.124. The second-order valence-corrected chi connectivity index (χ2v) is 7.83. The molecule has 1 saturated heterocycles. The Morgan fingerprint density at radius 1 is 1.33 bits per heavy atom. The Kier molecular flexibility index (Phi) is 5.06. The number of amides is 1. The van der Waals surface area contributed by atoms with Crippen LogP contribution in [0.4, 0.5) is 0 Å². The average molecular weight is 375 g/mol. The van der Waals surface area contributed by atoms with Crippen LogP contribution in [0.1, 0.15) is 25.3 Å². The summed E-state index contributed by atoms with van der Waals surface area (Å²) in [5, 5.41) is 0.678. The first-order valence-electron chi connectivity index (χ1n) is 6.82. The predicted octanol–water partition coefficient (Wildman–Crippen LogP) is 1.86. The van der Waals surface area contributed by atoms with Gasteiger partial charge in [0.25, 0.3) is 0 Å². The summed E-state index contributed by atoms with van der Waals surface area (Å²) in [5.74, 6) is -0.838. The van der Waals surface area contributed by atoms with Gasteiger partial charge in [0.05, 0.1) is 10.8 Å². The fraction of sp³-hybridized carbons (Fsp3) is 0.500. The highest BCUT2D eigenvalue weighted by Crippen LogP contribution is 2.28. The van der Waals surface area contributed by atoms with Crippen LogP contribution in [0.3, 0.4) is 0 Å². The van der Waals surface area contributed by atoms with Crippen LogP contribution in [0.25, 0.3) is 0 Å². The van der Waals surface area contributed by atoms with E-state index in [1.807, 2.05) is 6.92 Å². The number of piperidine rings is 1. The van der Waals surface area contributed by atoms with Gasteiger partial charge in [0.15, 0.2) is 0 Å². The maximum Gasteiger partial charge on any atom is 0.243 e. The van der Waals surface area contributed by atoms with E-state index in [4.69, 9.17) is 5.73 Å². The molecule has 0 bridgehead atoms. The van der Waals surface area contributed by atoms with E-state index < -0.39 is 21.8 Å². The maximum atomic E-state index is 12.7. The summed E-state index contributed by atoms with van der Waals surface area (Å²) in [6, 6.07) is 6.64. The van der Waals surface area contributed by atoms with E-state index in [1.54, 1.807) is 24.3 Å². The third kappa shape index (κ3) is 3.46. The molecule has 2 rings (SSSR count). The van der Waals surface area contributed by atoms with Crippen LogP contribution in [0.2, 0.25) is 0 Å². The molecular formula is C14H19BrN2O3S. The Hall–Kier alpha value is -0.920. The van der Waals surface area contributed by atoms with Gasteiger partial charge in [0.1, 0.15) is 0 Å². The van der Waals surface area contributed by atoms with Gasteiger partial charge in [-0.05, 0) is 37.5 Å². The highest BCUT2D eigenvalue weighted by molar-refractivity contribution is 9.08. The highest BCUT2D eigenvalue weighted by Gasteiger charge is 2.36. The van der Waals surface area contributed by atoms with Gasteiger partial charge in [-0.3, -0.25) is 4.79 Å². The number of sulfonamides is 1. The molecule has 1 aromatic carbocycles. The largest absolute Gasteiger partial charge is 0.369 e. The van der Waals surface area contributed by atoms with Crippen LogP contribution in [0.15, 0.2) is 29.2 Å². The molecule has 0 saturated carbocycles. The van der Waals surface area contributed by atoms with Crippen LogP contribution in [0, 0.1) is 5.92 Å². The van der Waals surface area contributed by atoms with E-state index in [0.717, 1.165) is 5.56 Å².